The molecule has 2 aromatic carbocycles. The van der Waals surface area contributed by atoms with Gasteiger partial charge in [0, 0.05) is 17.4 Å². The van der Waals surface area contributed by atoms with E-state index in [0.29, 0.717) is 6.54 Å². The number of nitrogens with one attached hydrogen (secondary N) is 2. The number of amides is 1. The Morgan fingerprint density at radius 3 is 2.44 bits per heavy atom. The van der Waals surface area contributed by atoms with Crippen LogP contribution < -0.4 is 20.6 Å². The molecule has 0 aromatic heterocycles. The minimum Gasteiger partial charge on any atom is -0.497 e. The molecular formula is C20H24F2N2O2Si. The van der Waals surface area contributed by atoms with Gasteiger partial charge in [0.15, 0.2) is 0 Å². The predicted octanol–water partition coefficient (Wildman–Crippen LogP) is 3.34. The minimum absolute atomic E-state index is 0.124. The van der Waals surface area contributed by atoms with E-state index in [1.54, 1.807) is 13.2 Å². The summed E-state index contributed by atoms with van der Waals surface area (Å²) in [5.74, 6) is -0.820. The molecule has 3 rings (SSSR count). The van der Waals surface area contributed by atoms with Crippen LogP contribution in [0.25, 0.3) is 0 Å². The van der Waals surface area contributed by atoms with Gasteiger partial charge in [0.05, 0.1) is 15.2 Å². The van der Waals surface area contributed by atoms with Crippen molar-refractivity contribution >= 4 is 24.9 Å². The first kappa shape index (κ1) is 19.5. The molecule has 1 aliphatic heterocycles. The SMILES string of the molecule is COc1ccc2c(c1)CCNC2C(=O)Nc1cc(F)c([Si](C)(C)C)c(F)c1. The van der Waals surface area contributed by atoms with Crippen molar-refractivity contribution in [1.82, 2.24) is 5.32 Å². The summed E-state index contributed by atoms with van der Waals surface area (Å²) < 4.78 is 34.1. The number of hydrogen-bond donors (Lipinski definition) is 2. The van der Waals surface area contributed by atoms with Crippen LogP contribution >= 0.6 is 0 Å². The molecule has 4 nitrogen and oxygen atoms in total. The topological polar surface area (TPSA) is 50.4 Å². The molecule has 0 radical (unpaired) electrons. The van der Waals surface area contributed by atoms with Gasteiger partial charge >= 0.3 is 0 Å². The van der Waals surface area contributed by atoms with Crippen LogP contribution in [0.4, 0.5) is 14.5 Å². The average molecular weight is 391 g/mol. The first-order chi connectivity index (χ1) is 12.7. The van der Waals surface area contributed by atoms with Gasteiger partial charge in [0.2, 0.25) is 5.91 Å². The number of carbonyl (C=O) groups excluding carboxylic acids is 1. The Balaban J connectivity index is 1.85. The summed E-state index contributed by atoms with van der Waals surface area (Å²) in [6.07, 6.45) is 0.782. The number of anilines is 1. The van der Waals surface area contributed by atoms with Crippen LogP contribution in [0.1, 0.15) is 17.2 Å². The third kappa shape index (κ3) is 4.04. The molecule has 1 heterocycles. The molecule has 0 fully saturated rings. The van der Waals surface area contributed by atoms with Crippen molar-refractivity contribution in [2.24, 2.45) is 0 Å². The van der Waals surface area contributed by atoms with E-state index in [1.807, 2.05) is 31.8 Å². The zero-order chi connectivity index (χ0) is 19.8. The van der Waals surface area contributed by atoms with Crippen molar-refractivity contribution in [2.45, 2.75) is 32.1 Å². The summed E-state index contributed by atoms with van der Waals surface area (Å²) >= 11 is 0. The molecule has 0 bridgehead atoms. The molecule has 2 aromatic rings. The van der Waals surface area contributed by atoms with E-state index in [2.05, 4.69) is 10.6 Å². The number of rotatable bonds is 4. The molecule has 27 heavy (non-hydrogen) atoms. The van der Waals surface area contributed by atoms with E-state index in [4.69, 9.17) is 4.74 Å². The standard InChI is InChI=1S/C20H24F2N2O2Si/c1-26-14-5-6-15-12(9-14)7-8-23-18(15)20(25)24-13-10-16(21)19(17(22)11-13)27(2,3)4/h5-6,9-11,18,23H,7-8H2,1-4H3,(H,24,25). The lowest BCUT2D eigenvalue weighted by atomic mass is 9.93. The summed E-state index contributed by atoms with van der Waals surface area (Å²) in [7, 11) is -0.564. The molecule has 144 valence electrons. The zero-order valence-corrected chi connectivity index (χ0v) is 17.0. The third-order valence-corrected chi connectivity index (χ3v) is 6.70. The molecule has 2 N–H and O–H groups in total. The number of benzene rings is 2. The molecule has 0 spiro atoms. The Morgan fingerprint density at radius 2 is 1.85 bits per heavy atom. The van der Waals surface area contributed by atoms with Gasteiger partial charge in [0.1, 0.15) is 23.4 Å². The van der Waals surface area contributed by atoms with Crippen LogP contribution in [-0.4, -0.2) is 27.6 Å². The highest BCUT2D eigenvalue weighted by Gasteiger charge is 2.29. The van der Waals surface area contributed by atoms with E-state index in [1.165, 1.54) is 12.1 Å². The van der Waals surface area contributed by atoms with Gasteiger partial charge < -0.3 is 15.4 Å². The summed E-state index contributed by atoms with van der Waals surface area (Å²) in [6, 6.07) is 7.38. The highest BCUT2D eigenvalue weighted by atomic mass is 28.3. The highest BCUT2D eigenvalue weighted by Crippen LogP contribution is 2.28. The van der Waals surface area contributed by atoms with Gasteiger partial charge in [-0.15, -0.1) is 0 Å². The summed E-state index contributed by atoms with van der Waals surface area (Å²) in [6.45, 7) is 6.27. The molecule has 1 atom stereocenters. The Morgan fingerprint density at radius 1 is 1.19 bits per heavy atom. The predicted molar refractivity (Wildman–Crippen MR) is 105 cm³/mol. The van der Waals surface area contributed by atoms with Crippen LogP contribution in [0.15, 0.2) is 30.3 Å². The van der Waals surface area contributed by atoms with Crippen molar-refractivity contribution < 1.29 is 18.3 Å². The van der Waals surface area contributed by atoms with Gasteiger partial charge in [-0.1, -0.05) is 25.7 Å². The van der Waals surface area contributed by atoms with Gasteiger partial charge in [-0.3, -0.25) is 4.79 Å². The average Bonchev–Trinajstić information content (AvgIpc) is 2.58. The van der Waals surface area contributed by atoms with Crippen LogP contribution in [0.3, 0.4) is 0 Å². The summed E-state index contributed by atoms with van der Waals surface area (Å²) in [5, 5.41) is 5.96. The Hall–Kier alpha value is -2.25. The maximum Gasteiger partial charge on any atom is 0.246 e. The van der Waals surface area contributed by atoms with E-state index in [0.717, 1.165) is 23.3 Å². The molecule has 7 heteroatoms. The van der Waals surface area contributed by atoms with Crippen molar-refractivity contribution in [1.29, 1.82) is 0 Å². The number of methoxy groups -OCH3 is 1. The van der Waals surface area contributed by atoms with Crippen molar-refractivity contribution in [3.8, 4) is 5.75 Å². The molecule has 1 amide bonds. The van der Waals surface area contributed by atoms with Gasteiger partial charge in [-0.2, -0.15) is 0 Å². The molecule has 0 saturated carbocycles. The summed E-state index contributed by atoms with van der Waals surface area (Å²) in [4.78, 5) is 12.7. The fourth-order valence-electron chi connectivity index (χ4n) is 3.48. The lowest BCUT2D eigenvalue weighted by molar-refractivity contribution is -0.118. The van der Waals surface area contributed by atoms with E-state index in [9.17, 15) is 13.6 Å². The minimum atomic E-state index is -2.16. The van der Waals surface area contributed by atoms with Crippen molar-refractivity contribution in [3.05, 3.63) is 53.1 Å². The number of halogens is 2. The first-order valence-corrected chi connectivity index (χ1v) is 12.4. The third-order valence-electron chi connectivity index (χ3n) is 4.73. The Kier molecular flexibility index (Phi) is 5.35. The highest BCUT2D eigenvalue weighted by molar-refractivity contribution is 6.88. The van der Waals surface area contributed by atoms with Crippen molar-refractivity contribution in [2.75, 3.05) is 19.0 Å². The number of ether oxygens (including phenoxy) is 1. The fraction of sp³-hybridized carbons (Fsp3) is 0.350. The summed E-state index contributed by atoms with van der Waals surface area (Å²) in [5.41, 5.74) is 2.00. The quantitative estimate of drug-likeness (QED) is 0.788. The van der Waals surface area contributed by atoms with Gasteiger partial charge in [0.25, 0.3) is 0 Å². The molecule has 1 aliphatic rings. The van der Waals surface area contributed by atoms with Crippen LogP contribution in [0.2, 0.25) is 19.6 Å². The van der Waals surface area contributed by atoms with Crippen molar-refractivity contribution in [3.63, 3.8) is 0 Å². The molecular weight excluding hydrogens is 366 g/mol. The molecule has 0 saturated heterocycles. The largest absolute Gasteiger partial charge is 0.497 e. The number of fused-ring (bicyclic) bond motifs is 1. The second-order valence-corrected chi connectivity index (χ2v) is 12.8. The van der Waals surface area contributed by atoms with Gasteiger partial charge in [-0.05, 0) is 41.8 Å². The Bertz CT molecular complexity index is 858. The second-order valence-electron chi connectivity index (χ2n) is 7.76. The maximum atomic E-state index is 14.4. The van der Waals surface area contributed by atoms with Crippen LogP contribution in [0.5, 0.6) is 5.75 Å². The van der Waals surface area contributed by atoms with Gasteiger partial charge in [-0.25, -0.2) is 8.78 Å². The number of carbonyl (C=O) groups is 1. The molecule has 1 unspecified atom stereocenters. The smallest absolute Gasteiger partial charge is 0.246 e. The zero-order valence-electron chi connectivity index (χ0n) is 16.0. The van der Waals surface area contributed by atoms with E-state index in [-0.39, 0.29) is 16.8 Å². The first-order valence-electron chi connectivity index (χ1n) is 8.91. The Labute approximate surface area is 158 Å². The fourth-order valence-corrected chi connectivity index (χ4v) is 5.06. The normalized spacial score (nSPS) is 16.6. The van der Waals surface area contributed by atoms with E-state index < -0.39 is 25.8 Å². The van der Waals surface area contributed by atoms with E-state index >= 15 is 0 Å². The molecule has 0 aliphatic carbocycles. The number of hydrogen-bond acceptors (Lipinski definition) is 3. The maximum absolute atomic E-state index is 14.4. The monoisotopic (exact) mass is 390 g/mol. The second kappa shape index (κ2) is 7.40. The van der Waals surface area contributed by atoms with Crippen LogP contribution in [-0.2, 0) is 11.2 Å². The lowest BCUT2D eigenvalue weighted by Gasteiger charge is -2.26. The lowest BCUT2D eigenvalue weighted by Crippen LogP contribution is -2.42. The van der Waals surface area contributed by atoms with Crippen LogP contribution in [0, 0.1) is 11.6 Å².